The number of carbonyl (C=O) groups is 2. The average molecular weight is 307 g/mol. The molecule has 0 bridgehead atoms. The second kappa shape index (κ2) is 8.08. The maximum atomic E-state index is 12.0. The van der Waals surface area contributed by atoms with Crippen LogP contribution in [0.2, 0.25) is 0 Å². The van der Waals surface area contributed by atoms with Crippen LogP contribution in [0.15, 0.2) is 30.3 Å². The Morgan fingerprint density at radius 1 is 1.33 bits per heavy atom. The van der Waals surface area contributed by atoms with Gasteiger partial charge in [-0.3, -0.25) is 9.59 Å². The summed E-state index contributed by atoms with van der Waals surface area (Å²) >= 11 is 1.55. The number of benzene rings is 1. The molecule has 0 N–H and O–H groups in total. The molecule has 1 aromatic rings. The van der Waals surface area contributed by atoms with Crippen LogP contribution in [0.1, 0.15) is 37.1 Å². The standard InChI is InChI=1S/C16H21NO3S/c1-2-3-7-10-20-15(19)11-17-14(18)12-21-16(17)13-8-5-4-6-9-13/h4-6,8-9,16H,2-3,7,10-12H2,1H3. The summed E-state index contributed by atoms with van der Waals surface area (Å²) in [5, 5.41) is -0.0816. The van der Waals surface area contributed by atoms with Crippen molar-refractivity contribution >= 4 is 23.6 Å². The maximum absolute atomic E-state index is 12.0. The molecular formula is C16H21NO3S. The highest BCUT2D eigenvalue weighted by Crippen LogP contribution is 2.38. The third-order valence-electron chi connectivity index (χ3n) is 3.36. The van der Waals surface area contributed by atoms with Crippen LogP contribution in [0.4, 0.5) is 0 Å². The van der Waals surface area contributed by atoms with Gasteiger partial charge in [-0.1, -0.05) is 50.1 Å². The van der Waals surface area contributed by atoms with Crippen molar-refractivity contribution in [2.24, 2.45) is 0 Å². The number of hydrogen-bond donors (Lipinski definition) is 0. The Balaban J connectivity index is 1.90. The van der Waals surface area contributed by atoms with Crippen LogP contribution in [0.3, 0.4) is 0 Å². The van der Waals surface area contributed by atoms with Crippen LogP contribution >= 0.6 is 11.8 Å². The number of esters is 1. The fraction of sp³-hybridized carbons (Fsp3) is 0.500. The summed E-state index contributed by atoms with van der Waals surface area (Å²) in [5.74, 6) is 0.102. The van der Waals surface area contributed by atoms with Crippen LogP contribution < -0.4 is 0 Å². The number of carbonyl (C=O) groups excluding carboxylic acids is 2. The molecule has 114 valence electrons. The van der Waals surface area contributed by atoms with Crippen LogP contribution in [0.25, 0.3) is 0 Å². The van der Waals surface area contributed by atoms with E-state index < -0.39 is 0 Å². The third-order valence-corrected chi connectivity index (χ3v) is 4.62. The van der Waals surface area contributed by atoms with Gasteiger partial charge in [-0.2, -0.15) is 0 Å². The molecule has 0 saturated carbocycles. The summed E-state index contributed by atoms with van der Waals surface area (Å²) in [6.45, 7) is 2.59. The van der Waals surface area contributed by atoms with Gasteiger partial charge < -0.3 is 9.64 Å². The summed E-state index contributed by atoms with van der Waals surface area (Å²) in [7, 11) is 0. The molecule has 1 aromatic carbocycles. The van der Waals surface area contributed by atoms with Crippen molar-refractivity contribution in [2.75, 3.05) is 18.9 Å². The van der Waals surface area contributed by atoms with E-state index in [1.807, 2.05) is 30.3 Å². The Bertz CT molecular complexity index is 478. The van der Waals surface area contributed by atoms with Crippen molar-refractivity contribution < 1.29 is 14.3 Å². The van der Waals surface area contributed by atoms with Gasteiger partial charge in [0.25, 0.3) is 0 Å². The number of hydrogen-bond acceptors (Lipinski definition) is 4. The van der Waals surface area contributed by atoms with Gasteiger partial charge in [0.05, 0.1) is 12.4 Å². The zero-order valence-corrected chi connectivity index (χ0v) is 13.1. The second-order valence-electron chi connectivity index (χ2n) is 5.02. The van der Waals surface area contributed by atoms with Gasteiger partial charge in [0, 0.05) is 0 Å². The van der Waals surface area contributed by atoms with Gasteiger partial charge in [-0.25, -0.2) is 0 Å². The average Bonchev–Trinajstić information content (AvgIpc) is 2.86. The van der Waals surface area contributed by atoms with E-state index >= 15 is 0 Å². The lowest BCUT2D eigenvalue weighted by Gasteiger charge is -2.23. The minimum absolute atomic E-state index is 0.000591. The van der Waals surface area contributed by atoms with Gasteiger partial charge >= 0.3 is 5.97 Å². The Hall–Kier alpha value is -1.49. The molecule has 1 amide bonds. The molecule has 1 heterocycles. The number of thioether (sulfide) groups is 1. The minimum Gasteiger partial charge on any atom is -0.464 e. The zero-order valence-electron chi connectivity index (χ0n) is 12.3. The van der Waals surface area contributed by atoms with Gasteiger partial charge in [0.2, 0.25) is 5.91 Å². The quantitative estimate of drug-likeness (QED) is 0.574. The Kier molecular flexibility index (Phi) is 6.11. The molecule has 1 saturated heterocycles. The van der Waals surface area contributed by atoms with E-state index in [0.29, 0.717) is 12.4 Å². The number of amides is 1. The first-order chi connectivity index (χ1) is 10.2. The van der Waals surface area contributed by atoms with E-state index in [4.69, 9.17) is 4.74 Å². The normalized spacial score (nSPS) is 18.0. The minimum atomic E-state index is -0.317. The highest BCUT2D eigenvalue weighted by Gasteiger charge is 2.34. The van der Waals surface area contributed by atoms with Crippen molar-refractivity contribution in [3.05, 3.63) is 35.9 Å². The molecule has 0 spiro atoms. The largest absolute Gasteiger partial charge is 0.464 e. The molecule has 4 nitrogen and oxygen atoms in total. The molecule has 1 aliphatic heterocycles. The molecule has 1 aliphatic rings. The number of rotatable bonds is 7. The van der Waals surface area contributed by atoms with E-state index in [-0.39, 0.29) is 23.8 Å². The van der Waals surface area contributed by atoms with E-state index in [2.05, 4.69) is 6.92 Å². The molecule has 5 heteroatoms. The summed E-state index contributed by atoms with van der Waals surface area (Å²) in [6.07, 6.45) is 3.03. The number of unbranched alkanes of at least 4 members (excludes halogenated alkanes) is 2. The molecule has 21 heavy (non-hydrogen) atoms. The fourth-order valence-electron chi connectivity index (χ4n) is 2.24. The predicted molar refractivity (Wildman–Crippen MR) is 83.8 cm³/mol. The molecule has 0 radical (unpaired) electrons. The topological polar surface area (TPSA) is 46.6 Å². The highest BCUT2D eigenvalue weighted by molar-refractivity contribution is 8.00. The second-order valence-corrected chi connectivity index (χ2v) is 6.09. The Labute approximate surface area is 129 Å². The highest BCUT2D eigenvalue weighted by atomic mass is 32.2. The first kappa shape index (κ1) is 15.9. The lowest BCUT2D eigenvalue weighted by atomic mass is 10.2. The van der Waals surface area contributed by atoms with Crippen molar-refractivity contribution in [1.82, 2.24) is 4.90 Å². The lowest BCUT2D eigenvalue weighted by Crippen LogP contribution is -2.34. The summed E-state index contributed by atoms with van der Waals surface area (Å²) in [4.78, 5) is 25.4. The molecule has 1 unspecified atom stereocenters. The first-order valence-corrected chi connectivity index (χ1v) is 8.39. The predicted octanol–water partition coefficient (Wildman–Crippen LogP) is 2.99. The smallest absolute Gasteiger partial charge is 0.325 e. The van der Waals surface area contributed by atoms with Crippen molar-refractivity contribution in [2.45, 2.75) is 31.6 Å². The molecule has 2 rings (SSSR count). The van der Waals surface area contributed by atoms with E-state index in [1.54, 1.807) is 16.7 Å². The summed E-state index contributed by atoms with van der Waals surface area (Å²) < 4.78 is 5.20. The number of ether oxygens (including phenoxy) is 1. The van der Waals surface area contributed by atoms with Crippen molar-refractivity contribution in [3.63, 3.8) is 0 Å². The van der Waals surface area contributed by atoms with Gasteiger partial charge in [-0.05, 0) is 12.0 Å². The number of nitrogens with zero attached hydrogens (tertiary/aromatic N) is 1. The van der Waals surface area contributed by atoms with Crippen LogP contribution in [-0.4, -0.2) is 35.7 Å². The van der Waals surface area contributed by atoms with Crippen molar-refractivity contribution in [3.8, 4) is 0 Å². The molecule has 1 atom stereocenters. The Morgan fingerprint density at radius 3 is 2.81 bits per heavy atom. The summed E-state index contributed by atoms with van der Waals surface area (Å²) in [5.41, 5.74) is 1.05. The van der Waals surface area contributed by atoms with Crippen molar-refractivity contribution in [1.29, 1.82) is 0 Å². The molecule has 0 aliphatic carbocycles. The monoisotopic (exact) mass is 307 g/mol. The van der Waals surface area contributed by atoms with E-state index in [9.17, 15) is 9.59 Å². The van der Waals surface area contributed by atoms with Crippen LogP contribution in [0, 0.1) is 0 Å². The summed E-state index contributed by atoms with van der Waals surface area (Å²) in [6, 6.07) is 9.79. The molecular weight excluding hydrogens is 286 g/mol. The van der Waals surface area contributed by atoms with E-state index in [0.717, 1.165) is 24.8 Å². The van der Waals surface area contributed by atoms with Gasteiger partial charge in [-0.15, -0.1) is 11.8 Å². The van der Waals surface area contributed by atoms with Crippen LogP contribution in [0.5, 0.6) is 0 Å². The molecule has 1 fully saturated rings. The molecule has 0 aromatic heterocycles. The maximum Gasteiger partial charge on any atom is 0.325 e. The van der Waals surface area contributed by atoms with Crippen LogP contribution in [-0.2, 0) is 14.3 Å². The van der Waals surface area contributed by atoms with Gasteiger partial charge in [0.1, 0.15) is 11.9 Å². The van der Waals surface area contributed by atoms with Gasteiger partial charge in [0.15, 0.2) is 0 Å². The zero-order chi connectivity index (χ0) is 15.1. The third kappa shape index (κ3) is 4.49. The first-order valence-electron chi connectivity index (χ1n) is 7.34. The fourth-order valence-corrected chi connectivity index (χ4v) is 3.43. The SMILES string of the molecule is CCCCCOC(=O)CN1C(=O)CSC1c1ccccc1. The Morgan fingerprint density at radius 2 is 2.10 bits per heavy atom. The van der Waals surface area contributed by atoms with E-state index in [1.165, 1.54) is 0 Å². The lowest BCUT2D eigenvalue weighted by molar-refractivity contribution is -0.148.